The number of aromatic nitrogens is 3. The number of rotatable bonds is 4. The van der Waals surface area contributed by atoms with Crippen LogP contribution in [0.1, 0.15) is 23.3 Å². The average molecular weight is 341 g/mol. The van der Waals surface area contributed by atoms with Gasteiger partial charge in [0.05, 0.1) is 16.4 Å². The highest BCUT2D eigenvalue weighted by atomic mass is 35.5. The number of amides is 1. The number of benzene rings is 1. The number of nitrogens with zero attached hydrogens (tertiary/aromatic N) is 3. The smallest absolute Gasteiger partial charge is 0.270 e. The maximum Gasteiger partial charge on any atom is 0.270 e. The second-order valence-corrected chi connectivity index (χ2v) is 6.44. The summed E-state index contributed by atoms with van der Waals surface area (Å²) in [6.07, 6.45) is 4.03. The molecule has 0 bridgehead atoms. The molecular weight excluding hydrogens is 324 g/mol. The van der Waals surface area contributed by atoms with Crippen molar-refractivity contribution in [3.63, 3.8) is 0 Å². The van der Waals surface area contributed by atoms with Gasteiger partial charge in [0.1, 0.15) is 11.4 Å². The lowest BCUT2D eigenvalue weighted by Crippen LogP contribution is -2.27. The van der Waals surface area contributed by atoms with E-state index in [0.29, 0.717) is 16.4 Å². The van der Waals surface area contributed by atoms with E-state index in [1.165, 1.54) is 0 Å². The van der Waals surface area contributed by atoms with Gasteiger partial charge in [0.15, 0.2) is 0 Å². The van der Waals surface area contributed by atoms with Crippen LogP contribution in [0.25, 0.3) is 17.1 Å². The first kappa shape index (κ1) is 15.0. The molecule has 1 saturated carbocycles. The zero-order valence-corrected chi connectivity index (χ0v) is 14.0. The Kier molecular flexibility index (Phi) is 3.65. The van der Waals surface area contributed by atoms with Crippen molar-refractivity contribution in [3.8, 4) is 17.1 Å². The fraction of sp³-hybridized carbons (Fsp3) is 0.222. The topological polar surface area (TPSA) is 51.9 Å². The minimum absolute atomic E-state index is 0.120. The summed E-state index contributed by atoms with van der Waals surface area (Å²) in [5, 5.41) is 8.22. The first-order chi connectivity index (χ1) is 11.6. The quantitative estimate of drug-likeness (QED) is 0.791. The molecule has 24 heavy (non-hydrogen) atoms. The van der Waals surface area contributed by atoms with Gasteiger partial charge in [-0.1, -0.05) is 23.7 Å². The van der Waals surface area contributed by atoms with E-state index >= 15 is 0 Å². The largest absolute Gasteiger partial charge is 0.349 e. The van der Waals surface area contributed by atoms with Crippen LogP contribution in [-0.2, 0) is 7.05 Å². The van der Waals surface area contributed by atoms with Gasteiger partial charge in [-0.3, -0.25) is 4.79 Å². The number of carbonyl (C=O) groups is 1. The van der Waals surface area contributed by atoms with E-state index in [1.54, 1.807) is 10.7 Å². The van der Waals surface area contributed by atoms with Crippen LogP contribution in [0, 0.1) is 0 Å². The van der Waals surface area contributed by atoms with Crippen molar-refractivity contribution in [2.45, 2.75) is 18.9 Å². The molecule has 0 spiro atoms. The van der Waals surface area contributed by atoms with Crippen LogP contribution in [0.3, 0.4) is 0 Å². The van der Waals surface area contributed by atoms with Crippen LogP contribution in [0.4, 0.5) is 0 Å². The van der Waals surface area contributed by atoms with Gasteiger partial charge in [0.25, 0.3) is 5.91 Å². The normalized spacial score (nSPS) is 13.9. The van der Waals surface area contributed by atoms with Gasteiger partial charge in [-0.05, 0) is 43.2 Å². The fourth-order valence-electron chi connectivity index (χ4n) is 2.69. The van der Waals surface area contributed by atoms with Gasteiger partial charge in [0, 0.05) is 19.3 Å². The molecule has 1 aliphatic rings. The van der Waals surface area contributed by atoms with Gasteiger partial charge in [-0.25, -0.2) is 4.68 Å². The average Bonchev–Trinajstić information content (AvgIpc) is 3.10. The Labute approximate surface area is 144 Å². The Morgan fingerprint density at radius 3 is 2.71 bits per heavy atom. The minimum atomic E-state index is -0.120. The highest BCUT2D eigenvalue weighted by molar-refractivity contribution is 6.32. The van der Waals surface area contributed by atoms with Gasteiger partial charge < -0.3 is 9.88 Å². The van der Waals surface area contributed by atoms with Gasteiger partial charge >= 0.3 is 0 Å². The summed E-state index contributed by atoms with van der Waals surface area (Å²) in [5.74, 6) is -0.120. The molecule has 0 radical (unpaired) electrons. The third kappa shape index (κ3) is 2.71. The molecule has 6 heteroatoms. The molecule has 1 fully saturated rings. The highest BCUT2D eigenvalue weighted by Crippen LogP contribution is 2.26. The van der Waals surface area contributed by atoms with Crippen molar-refractivity contribution < 1.29 is 4.79 Å². The molecule has 3 aromatic rings. The number of carbonyl (C=O) groups excluding carboxylic acids is 1. The van der Waals surface area contributed by atoms with E-state index in [0.717, 1.165) is 24.2 Å². The van der Waals surface area contributed by atoms with Crippen LogP contribution in [0.15, 0.2) is 48.7 Å². The monoisotopic (exact) mass is 340 g/mol. The van der Waals surface area contributed by atoms with Crippen LogP contribution in [0.2, 0.25) is 5.02 Å². The molecular formula is C18H17ClN4O. The summed E-state index contributed by atoms with van der Waals surface area (Å²) in [6.45, 7) is 0. The molecule has 1 N–H and O–H groups in total. The maximum atomic E-state index is 12.6. The molecule has 0 saturated heterocycles. The summed E-state index contributed by atoms with van der Waals surface area (Å²) in [4.78, 5) is 12.6. The fourth-order valence-corrected chi connectivity index (χ4v) is 2.91. The first-order valence-corrected chi connectivity index (χ1v) is 8.29. The minimum Gasteiger partial charge on any atom is -0.349 e. The molecule has 1 aromatic carbocycles. The van der Waals surface area contributed by atoms with Crippen LogP contribution >= 0.6 is 11.6 Å². The van der Waals surface area contributed by atoms with Crippen molar-refractivity contribution in [2.75, 3.05) is 0 Å². The van der Waals surface area contributed by atoms with Crippen LogP contribution in [-0.4, -0.2) is 26.3 Å². The number of para-hydroxylation sites is 1. The molecule has 0 unspecified atom stereocenters. The van der Waals surface area contributed by atoms with E-state index in [-0.39, 0.29) is 11.9 Å². The summed E-state index contributed by atoms with van der Waals surface area (Å²) < 4.78 is 3.60. The molecule has 0 atom stereocenters. The molecule has 2 aromatic heterocycles. The van der Waals surface area contributed by atoms with Gasteiger partial charge in [0.2, 0.25) is 0 Å². The summed E-state index contributed by atoms with van der Waals surface area (Å²) in [5.41, 5.74) is 2.87. The zero-order chi connectivity index (χ0) is 16.7. The summed E-state index contributed by atoms with van der Waals surface area (Å²) in [6, 6.07) is 13.4. The summed E-state index contributed by atoms with van der Waals surface area (Å²) >= 11 is 6.32. The molecule has 4 rings (SSSR count). The predicted molar refractivity (Wildman–Crippen MR) is 93.5 cm³/mol. The van der Waals surface area contributed by atoms with Crippen molar-refractivity contribution in [1.82, 2.24) is 19.7 Å². The van der Waals surface area contributed by atoms with Gasteiger partial charge in [-0.2, -0.15) is 5.10 Å². The number of hydrogen-bond donors (Lipinski definition) is 1. The van der Waals surface area contributed by atoms with Crippen molar-refractivity contribution in [1.29, 1.82) is 0 Å². The SMILES string of the molecule is Cn1cccc1-c1cc(C(=O)NC2CC2)n(-c2ccccc2Cl)n1. The highest BCUT2D eigenvalue weighted by Gasteiger charge is 2.27. The number of hydrogen-bond acceptors (Lipinski definition) is 2. The number of nitrogens with one attached hydrogen (secondary N) is 1. The van der Waals surface area contributed by atoms with Crippen molar-refractivity contribution in [2.24, 2.45) is 7.05 Å². The standard InChI is InChI=1S/C18H17ClN4O/c1-22-10-4-7-16(22)14-11-17(18(24)20-12-8-9-12)23(21-14)15-6-3-2-5-13(15)19/h2-7,10-12H,8-9H2,1H3,(H,20,24). The Morgan fingerprint density at radius 1 is 1.25 bits per heavy atom. The third-order valence-electron chi connectivity index (χ3n) is 4.14. The lowest BCUT2D eigenvalue weighted by atomic mass is 10.2. The molecule has 1 amide bonds. The number of halogens is 1. The second kappa shape index (κ2) is 5.83. The lowest BCUT2D eigenvalue weighted by molar-refractivity contribution is 0.0943. The van der Waals surface area contributed by atoms with Crippen molar-refractivity contribution in [3.05, 3.63) is 59.4 Å². The van der Waals surface area contributed by atoms with Crippen LogP contribution in [0.5, 0.6) is 0 Å². The van der Waals surface area contributed by atoms with E-state index in [4.69, 9.17) is 11.6 Å². The van der Waals surface area contributed by atoms with E-state index in [2.05, 4.69) is 10.4 Å². The number of aryl methyl sites for hydroxylation is 1. The maximum absolute atomic E-state index is 12.6. The molecule has 0 aliphatic heterocycles. The Balaban J connectivity index is 1.83. The first-order valence-electron chi connectivity index (χ1n) is 7.91. The van der Waals surface area contributed by atoms with Crippen LogP contribution < -0.4 is 5.32 Å². The van der Waals surface area contributed by atoms with Crippen molar-refractivity contribution >= 4 is 17.5 Å². The zero-order valence-electron chi connectivity index (χ0n) is 13.2. The molecule has 2 heterocycles. The molecule has 5 nitrogen and oxygen atoms in total. The second-order valence-electron chi connectivity index (χ2n) is 6.03. The third-order valence-corrected chi connectivity index (χ3v) is 4.46. The van der Waals surface area contributed by atoms with E-state index in [9.17, 15) is 4.79 Å². The molecule has 122 valence electrons. The van der Waals surface area contributed by atoms with Gasteiger partial charge in [-0.15, -0.1) is 0 Å². The predicted octanol–water partition coefficient (Wildman–Crippen LogP) is 3.42. The Bertz CT molecular complexity index is 907. The van der Waals surface area contributed by atoms with E-state index < -0.39 is 0 Å². The van der Waals surface area contributed by atoms with E-state index in [1.807, 2.05) is 54.2 Å². The Hall–Kier alpha value is -2.53. The Morgan fingerprint density at radius 2 is 2.04 bits per heavy atom. The lowest BCUT2D eigenvalue weighted by Gasteiger charge is -2.09. The molecule has 1 aliphatic carbocycles. The summed E-state index contributed by atoms with van der Waals surface area (Å²) in [7, 11) is 1.95.